The van der Waals surface area contributed by atoms with Crippen molar-refractivity contribution >= 4 is 0 Å². The summed E-state index contributed by atoms with van der Waals surface area (Å²) < 4.78 is 49.1. The SMILES string of the molecule is CC(C)=CCC[C@@](O)(CO[C@@H]1O[C@H](CO)[C@@H](O)[C@H](O)[C@H]1O)[C@H]1CC[C@]2(C)[C@@H]1CC[C@@H]1[C@@]3(C)CC[C@H](O[C@@H]4OC[C@H](O)[C@H](O[C@@H]5O[C@H](CO)[C@@H](O)[C@H](O)[C@H]5O)[C@H]4O[C@@H]4O[C@@H](C)[C@H](O)[C@@H](O)[C@H]4O)C(C)(C)[C@@H]3CC[C@]12C. The van der Waals surface area contributed by atoms with Crippen molar-refractivity contribution < 1.29 is 104 Å². The largest absolute Gasteiger partial charge is 0.394 e. The van der Waals surface area contributed by atoms with E-state index in [-0.39, 0.29) is 47.2 Å². The van der Waals surface area contributed by atoms with Gasteiger partial charge in [0.25, 0.3) is 0 Å². The molecule has 0 unspecified atom stereocenters. The molecule has 13 N–H and O–H groups in total. The Morgan fingerprint density at radius 3 is 1.78 bits per heavy atom. The van der Waals surface area contributed by atoms with Gasteiger partial charge in [0.15, 0.2) is 25.2 Å². The third-order valence-corrected chi connectivity index (χ3v) is 20.4. The molecule has 4 heterocycles. The minimum Gasteiger partial charge on any atom is -0.394 e. The van der Waals surface area contributed by atoms with Gasteiger partial charge in [-0.05, 0) is 130 Å². The lowest BCUT2D eigenvalue weighted by Gasteiger charge is -2.70. The lowest BCUT2D eigenvalue weighted by Crippen LogP contribution is -2.66. The van der Waals surface area contributed by atoms with Crippen LogP contribution in [0.1, 0.15) is 120 Å². The molecule has 0 bridgehead atoms. The van der Waals surface area contributed by atoms with Crippen LogP contribution >= 0.6 is 0 Å². The Labute approximate surface area is 434 Å². The molecule has 0 amide bonds. The average molecular weight is 1060 g/mol. The summed E-state index contributed by atoms with van der Waals surface area (Å²) in [7, 11) is 0. The summed E-state index contributed by atoms with van der Waals surface area (Å²) in [6.45, 7) is 15.4. The molecule has 0 aromatic rings. The predicted octanol–water partition coefficient (Wildman–Crippen LogP) is -0.534. The van der Waals surface area contributed by atoms with Gasteiger partial charge in [-0.15, -0.1) is 0 Å². The van der Waals surface area contributed by atoms with E-state index in [4.69, 9.17) is 37.9 Å². The first-order valence-electron chi connectivity index (χ1n) is 27.2. The van der Waals surface area contributed by atoms with E-state index >= 15 is 0 Å². The molecule has 4 saturated heterocycles. The van der Waals surface area contributed by atoms with E-state index in [2.05, 4.69) is 40.7 Å². The maximum Gasteiger partial charge on any atom is 0.187 e. The van der Waals surface area contributed by atoms with Crippen LogP contribution in [-0.2, 0) is 37.9 Å². The number of fused-ring (bicyclic) bond motifs is 5. The van der Waals surface area contributed by atoms with Gasteiger partial charge in [-0.3, -0.25) is 0 Å². The fourth-order valence-corrected chi connectivity index (χ4v) is 16.0. The number of hydrogen-bond acceptors (Lipinski definition) is 21. The van der Waals surface area contributed by atoms with Crippen LogP contribution in [-0.4, -0.2) is 221 Å². The molecule has 8 aliphatic rings. The zero-order valence-corrected chi connectivity index (χ0v) is 44.4. The Bertz CT molecular complexity index is 1910. The fourth-order valence-electron chi connectivity index (χ4n) is 16.0. The quantitative estimate of drug-likeness (QED) is 0.0724. The summed E-state index contributed by atoms with van der Waals surface area (Å²) >= 11 is 0. The molecule has 0 radical (unpaired) electrons. The van der Waals surface area contributed by atoms with Crippen molar-refractivity contribution in [2.45, 2.75) is 248 Å². The van der Waals surface area contributed by atoms with Crippen LogP contribution in [0.25, 0.3) is 0 Å². The highest BCUT2D eigenvalue weighted by molar-refractivity contribution is 5.19. The second-order valence-electron chi connectivity index (χ2n) is 25.1. The molecule has 74 heavy (non-hydrogen) atoms. The standard InChI is InChI=1S/C53H90O21/c1-24(2)10-9-16-53(66,23-68-45-40(63)38(61)35(58)29(20-54)70-45)27-13-18-51(7)26(27)11-12-32-50(6)17-15-33(49(4,5)31(50)14-19-52(32,51)8)72-48-44(74-46-41(64)37(60)34(57)25(3)69-46)43(28(56)22-67-48)73-47-42(65)39(62)36(59)30(21-55)71-47/h10,25-48,54-66H,9,11-23H2,1-8H3/t25-,26+,27-,28-,29+,30+,31-,32+,33-,34-,35+,36+,37+,38-,39-,40+,41+,42+,43-,44+,45+,46-,47-,48-,50-,51+,52+,53+/m0/s1. The van der Waals surface area contributed by atoms with Crippen LogP contribution < -0.4 is 0 Å². The molecule has 8 rings (SSSR count). The second kappa shape index (κ2) is 22.4. The maximum absolute atomic E-state index is 12.9. The van der Waals surface area contributed by atoms with E-state index in [0.29, 0.717) is 25.2 Å². The van der Waals surface area contributed by atoms with E-state index in [1.807, 2.05) is 13.8 Å². The molecule has 28 atom stereocenters. The Kier molecular flexibility index (Phi) is 17.9. The van der Waals surface area contributed by atoms with Gasteiger partial charge >= 0.3 is 0 Å². The minimum absolute atomic E-state index is 0.120. The summed E-state index contributed by atoms with van der Waals surface area (Å²) in [5.41, 5.74) is -1.11. The number of hydrogen-bond donors (Lipinski definition) is 13. The summed E-state index contributed by atoms with van der Waals surface area (Å²) in [5.74, 6) is 0.453. The number of rotatable bonds is 15. The van der Waals surface area contributed by atoms with Crippen molar-refractivity contribution in [2.24, 2.45) is 45.3 Å². The van der Waals surface area contributed by atoms with Crippen molar-refractivity contribution in [3.05, 3.63) is 11.6 Å². The Balaban J connectivity index is 1.02. The van der Waals surface area contributed by atoms with Gasteiger partial charge < -0.3 is 104 Å². The number of allylic oxidation sites excluding steroid dienone is 2. The third kappa shape index (κ3) is 10.4. The molecular weight excluding hydrogens is 973 g/mol. The number of ether oxygens (including phenoxy) is 8. The van der Waals surface area contributed by atoms with Gasteiger partial charge in [-0.1, -0.05) is 46.3 Å². The van der Waals surface area contributed by atoms with Crippen LogP contribution in [0, 0.1) is 45.3 Å². The van der Waals surface area contributed by atoms with Crippen molar-refractivity contribution in [1.82, 2.24) is 0 Å². The Hall–Kier alpha value is -1.10. The number of aliphatic hydroxyl groups excluding tert-OH is 12. The van der Waals surface area contributed by atoms with Crippen LogP contribution in [0.4, 0.5) is 0 Å². The first-order valence-corrected chi connectivity index (χ1v) is 27.2. The van der Waals surface area contributed by atoms with Gasteiger partial charge in [0, 0.05) is 0 Å². The fraction of sp³-hybridized carbons (Fsp3) is 0.962. The minimum atomic E-state index is -1.83. The van der Waals surface area contributed by atoms with Crippen LogP contribution in [0.5, 0.6) is 0 Å². The number of aliphatic hydroxyl groups is 13. The molecule has 428 valence electrons. The highest BCUT2D eigenvalue weighted by atomic mass is 16.8. The molecule has 0 aromatic carbocycles. The van der Waals surface area contributed by atoms with E-state index in [9.17, 15) is 66.4 Å². The van der Waals surface area contributed by atoms with Gasteiger partial charge in [0.05, 0.1) is 44.2 Å². The normalized spacial score (nSPS) is 52.3. The van der Waals surface area contributed by atoms with Crippen molar-refractivity contribution in [1.29, 1.82) is 0 Å². The van der Waals surface area contributed by atoms with Crippen LogP contribution in [0.15, 0.2) is 11.6 Å². The molecule has 8 fully saturated rings. The van der Waals surface area contributed by atoms with E-state index in [1.54, 1.807) is 0 Å². The topological polar surface area (TPSA) is 337 Å². The first-order chi connectivity index (χ1) is 34.7. The van der Waals surface area contributed by atoms with E-state index in [0.717, 1.165) is 50.5 Å². The van der Waals surface area contributed by atoms with Crippen molar-refractivity contribution in [3.8, 4) is 0 Å². The lowest BCUT2D eigenvalue weighted by atomic mass is 9.35. The Morgan fingerprint density at radius 2 is 1.16 bits per heavy atom. The smallest absolute Gasteiger partial charge is 0.187 e. The van der Waals surface area contributed by atoms with Gasteiger partial charge in [0.1, 0.15) is 85.5 Å². The maximum atomic E-state index is 12.9. The highest BCUT2D eigenvalue weighted by Crippen LogP contribution is 2.76. The summed E-state index contributed by atoms with van der Waals surface area (Å²) in [4.78, 5) is 0. The third-order valence-electron chi connectivity index (χ3n) is 20.4. The summed E-state index contributed by atoms with van der Waals surface area (Å²) in [5, 5.41) is 140. The zero-order valence-electron chi connectivity index (χ0n) is 44.4. The van der Waals surface area contributed by atoms with Gasteiger partial charge in [-0.2, -0.15) is 0 Å². The highest BCUT2D eigenvalue weighted by Gasteiger charge is 2.70. The zero-order chi connectivity index (χ0) is 54.2. The summed E-state index contributed by atoms with van der Waals surface area (Å²) in [6.07, 6.45) is -19.3. The molecule has 0 spiro atoms. The van der Waals surface area contributed by atoms with Crippen molar-refractivity contribution in [2.75, 3.05) is 26.4 Å². The van der Waals surface area contributed by atoms with Gasteiger partial charge in [-0.25, -0.2) is 0 Å². The van der Waals surface area contributed by atoms with Gasteiger partial charge in [0.2, 0.25) is 0 Å². The second-order valence-corrected chi connectivity index (χ2v) is 25.1. The lowest BCUT2D eigenvalue weighted by molar-refractivity contribution is -0.388. The van der Waals surface area contributed by atoms with E-state index in [1.165, 1.54) is 6.92 Å². The molecule has 21 heteroatoms. The van der Waals surface area contributed by atoms with Crippen LogP contribution in [0.2, 0.25) is 0 Å². The molecule has 0 aromatic heterocycles. The van der Waals surface area contributed by atoms with E-state index < -0.39 is 147 Å². The molecular formula is C53H90O21. The predicted molar refractivity (Wildman–Crippen MR) is 259 cm³/mol. The summed E-state index contributed by atoms with van der Waals surface area (Å²) in [6, 6.07) is 0. The first kappa shape index (κ1) is 59.0. The monoisotopic (exact) mass is 1060 g/mol. The van der Waals surface area contributed by atoms with Crippen LogP contribution in [0.3, 0.4) is 0 Å². The Morgan fingerprint density at radius 1 is 0.595 bits per heavy atom. The average Bonchev–Trinajstić information content (AvgIpc) is 3.72. The molecule has 4 aliphatic carbocycles. The van der Waals surface area contributed by atoms with Crippen molar-refractivity contribution in [3.63, 3.8) is 0 Å². The molecule has 21 nitrogen and oxygen atoms in total. The molecule has 4 saturated carbocycles. The molecule has 4 aliphatic heterocycles.